The fourth-order valence-corrected chi connectivity index (χ4v) is 4.21. The summed E-state index contributed by atoms with van der Waals surface area (Å²) in [7, 11) is -3.49. The van der Waals surface area contributed by atoms with E-state index in [1.54, 1.807) is 30.3 Å². The van der Waals surface area contributed by atoms with Gasteiger partial charge in [-0.1, -0.05) is 18.2 Å². The lowest BCUT2D eigenvalue weighted by molar-refractivity contribution is -0.126. The Bertz CT molecular complexity index is 611. The standard InChI is InChI=1S/C15H20N2O3S/c18-15(16-13-8-9-13)12-5-4-10-17(11-12)21(19,20)14-6-2-1-3-7-14/h1-3,6-7,12-13H,4-5,8-11H2,(H,16,18)/t12-/m1/s1. The summed E-state index contributed by atoms with van der Waals surface area (Å²) >= 11 is 0. The smallest absolute Gasteiger partial charge is 0.243 e. The lowest BCUT2D eigenvalue weighted by atomic mass is 9.99. The monoisotopic (exact) mass is 308 g/mol. The summed E-state index contributed by atoms with van der Waals surface area (Å²) in [5.41, 5.74) is 0. The van der Waals surface area contributed by atoms with Crippen LogP contribution in [0.4, 0.5) is 0 Å². The number of carbonyl (C=O) groups excluding carboxylic acids is 1. The molecular weight excluding hydrogens is 288 g/mol. The molecule has 2 fully saturated rings. The molecule has 1 saturated carbocycles. The molecule has 1 aromatic rings. The van der Waals surface area contributed by atoms with Crippen LogP contribution in [0.5, 0.6) is 0 Å². The summed E-state index contributed by atoms with van der Waals surface area (Å²) in [6.07, 6.45) is 3.59. The van der Waals surface area contributed by atoms with Crippen molar-refractivity contribution in [2.45, 2.75) is 36.6 Å². The van der Waals surface area contributed by atoms with Crippen molar-refractivity contribution in [2.24, 2.45) is 5.92 Å². The van der Waals surface area contributed by atoms with Gasteiger partial charge in [0.25, 0.3) is 0 Å². The van der Waals surface area contributed by atoms with Crippen LogP contribution < -0.4 is 5.32 Å². The van der Waals surface area contributed by atoms with Crippen LogP contribution in [0.15, 0.2) is 35.2 Å². The molecule has 1 aliphatic heterocycles. The average Bonchev–Trinajstić information content (AvgIpc) is 3.32. The van der Waals surface area contributed by atoms with Crippen molar-refractivity contribution in [2.75, 3.05) is 13.1 Å². The van der Waals surface area contributed by atoms with Gasteiger partial charge in [-0.05, 0) is 37.8 Å². The summed E-state index contributed by atoms with van der Waals surface area (Å²) in [4.78, 5) is 12.4. The molecule has 1 N–H and O–H groups in total. The third-order valence-corrected chi connectivity index (χ3v) is 5.94. The van der Waals surface area contributed by atoms with E-state index in [9.17, 15) is 13.2 Å². The van der Waals surface area contributed by atoms with Crippen molar-refractivity contribution in [3.05, 3.63) is 30.3 Å². The maximum absolute atomic E-state index is 12.6. The number of hydrogen-bond donors (Lipinski definition) is 1. The van der Waals surface area contributed by atoms with Crippen molar-refractivity contribution in [3.63, 3.8) is 0 Å². The second-order valence-electron chi connectivity index (χ2n) is 5.80. The molecule has 0 aromatic heterocycles. The van der Waals surface area contributed by atoms with Gasteiger partial charge < -0.3 is 5.32 Å². The number of rotatable bonds is 4. The summed E-state index contributed by atoms with van der Waals surface area (Å²) in [6, 6.07) is 8.74. The van der Waals surface area contributed by atoms with Gasteiger partial charge >= 0.3 is 0 Å². The van der Waals surface area contributed by atoms with E-state index in [-0.39, 0.29) is 18.4 Å². The fourth-order valence-electron chi connectivity index (χ4n) is 2.66. The maximum atomic E-state index is 12.6. The molecule has 0 radical (unpaired) electrons. The third-order valence-electron chi connectivity index (χ3n) is 4.06. The predicted molar refractivity (Wildman–Crippen MR) is 79.1 cm³/mol. The average molecular weight is 308 g/mol. The molecule has 3 rings (SSSR count). The number of hydrogen-bond acceptors (Lipinski definition) is 3. The minimum Gasteiger partial charge on any atom is -0.353 e. The quantitative estimate of drug-likeness (QED) is 0.913. The zero-order valence-electron chi connectivity index (χ0n) is 11.9. The van der Waals surface area contributed by atoms with Crippen LogP contribution >= 0.6 is 0 Å². The Kier molecular flexibility index (Phi) is 3.99. The summed E-state index contributed by atoms with van der Waals surface area (Å²) in [6.45, 7) is 0.778. The van der Waals surface area contributed by atoms with Crippen molar-refractivity contribution in [1.29, 1.82) is 0 Å². The highest BCUT2D eigenvalue weighted by Gasteiger charge is 2.35. The molecule has 1 aromatic carbocycles. The Labute approximate surface area is 125 Å². The van der Waals surface area contributed by atoms with E-state index in [4.69, 9.17) is 0 Å². The maximum Gasteiger partial charge on any atom is 0.243 e. The lowest BCUT2D eigenvalue weighted by Gasteiger charge is -2.31. The van der Waals surface area contributed by atoms with E-state index in [0.717, 1.165) is 25.7 Å². The lowest BCUT2D eigenvalue weighted by Crippen LogP contribution is -2.45. The molecule has 6 heteroatoms. The third kappa shape index (κ3) is 3.27. The van der Waals surface area contributed by atoms with Gasteiger partial charge in [-0.15, -0.1) is 0 Å². The number of sulfonamides is 1. The summed E-state index contributed by atoms with van der Waals surface area (Å²) in [5, 5.41) is 2.97. The van der Waals surface area contributed by atoms with E-state index in [2.05, 4.69) is 5.32 Å². The molecular formula is C15H20N2O3S. The number of carbonyl (C=O) groups is 1. The van der Waals surface area contributed by atoms with Gasteiger partial charge in [-0.3, -0.25) is 4.79 Å². The first-order valence-corrected chi connectivity index (χ1v) is 8.87. The van der Waals surface area contributed by atoms with Gasteiger partial charge in [0.15, 0.2) is 0 Å². The van der Waals surface area contributed by atoms with E-state index in [1.165, 1.54) is 4.31 Å². The second-order valence-corrected chi connectivity index (χ2v) is 7.74. The minimum atomic E-state index is -3.49. The first-order chi connectivity index (χ1) is 10.1. The van der Waals surface area contributed by atoms with Crippen LogP contribution in [-0.4, -0.2) is 37.8 Å². The van der Waals surface area contributed by atoms with Crippen LogP contribution in [-0.2, 0) is 14.8 Å². The Morgan fingerprint density at radius 1 is 1.14 bits per heavy atom. The number of nitrogens with zero attached hydrogens (tertiary/aromatic N) is 1. The normalized spacial score (nSPS) is 23.7. The van der Waals surface area contributed by atoms with E-state index in [0.29, 0.717) is 17.5 Å². The highest BCUT2D eigenvalue weighted by atomic mass is 32.2. The topological polar surface area (TPSA) is 66.5 Å². The van der Waals surface area contributed by atoms with Crippen LogP contribution in [0, 0.1) is 5.92 Å². The molecule has 2 aliphatic rings. The second kappa shape index (κ2) is 5.77. The van der Waals surface area contributed by atoms with E-state index >= 15 is 0 Å². The zero-order valence-corrected chi connectivity index (χ0v) is 12.7. The van der Waals surface area contributed by atoms with Crippen LogP contribution in [0.25, 0.3) is 0 Å². The van der Waals surface area contributed by atoms with Crippen LogP contribution in [0.3, 0.4) is 0 Å². The minimum absolute atomic E-state index is 0.00506. The largest absolute Gasteiger partial charge is 0.353 e. The first-order valence-electron chi connectivity index (χ1n) is 7.43. The van der Waals surface area contributed by atoms with Gasteiger partial charge in [-0.25, -0.2) is 8.42 Å². The molecule has 21 heavy (non-hydrogen) atoms. The molecule has 1 aliphatic carbocycles. The number of amides is 1. The van der Waals surface area contributed by atoms with E-state index in [1.807, 2.05) is 0 Å². The zero-order chi connectivity index (χ0) is 14.9. The van der Waals surface area contributed by atoms with Gasteiger partial charge in [0.2, 0.25) is 15.9 Å². The Morgan fingerprint density at radius 3 is 2.52 bits per heavy atom. The fraction of sp³-hybridized carbons (Fsp3) is 0.533. The van der Waals surface area contributed by atoms with Crippen LogP contribution in [0.2, 0.25) is 0 Å². The summed E-state index contributed by atoms with van der Waals surface area (Å²) in [5.74, 6) is -0.219. The highest BCUT2D eigenvalue weighted by molar-refractivity contribution is 7.89. The Balaban J connectivity index is 1.71. The SMILES string of the molecule is O=C(NC1CC1)[C@@H]1CCCN(S(=O)(=O)c2ccccc2)C1. The Morgan fingerprint density at radius 2 is 1.86 bits per heavy atom. The summed E-state index contributed by atoms with van der Waals surface area (Å²) < 4.78 is 26.6. The molecule has 0 unspecified atom stereocenters. The van der Waals surface area contributed by atoms with Crippen LogP contribution in [0.1, 0.15) is 25.7 Å². The first kappa shape index (κ1) is 14.5. The number of nitrogens with one attached hydrogen (secondary N) is 1. The van der Waals surface area contributed by atoms with Crippen molar-refractivity contribution in [1.82, 2.24) is 9.62 Å². The molecule has 1 saturated heterocycles. The highest BCUT2D eigenvalue weighted by Crippen LogP contribution is 2.25. The van der Waals surface area contributed by atoms with E-state index < -0.39 is 10.0 Å². The van der Waals surface area contributed by atoms with Gasteiger partial charge in [0, 0.05) is 19.1 Å². The van der Waals surface area contributed by atoms with Crippen molar-refractivity contribution in [3.8, 4) is 0 Å². The molecule has 0 bridgehead atoms. The molecule has 1 atom stereocenters. The molecule has 5 nitrogen and oxygen atoms in total. The molecule has 1 heterocycles. The van der Waals surface area contributed by atoms with Crippen molar-refractivity contribution >= 4 is 15.9 Å². The van der Waals surface area contributed by atoms with Gasteiger partial charge in [0.05, 0.1) is 10.8 Å². The number of benzene rings is 1. The van der Waals surface area contributed by atoms with Gasteiger partial charge in [-0.2, -0.15) is 4.31 Å². The Hall–Kier alpha value is -1.40. The molecule has 0 spiro atoms. The molecule has 114 valence electrons. The van der Waals surface area contributed by atoms with Gasteiger partial charge in [0.1, 0.15) is 0 Å². The molecule has 1 amide bonds. The predicted octanol–water partition coefficient (Wildman–Crippen LogP) is 1.37. The number of piperidine rings is 1. The van der Waals surface area contributed by atoms with Crippen molar-refractivity contribution < 1.29 is 13.2 Å².